The van der Waals surface area contributed by atoms with Crippen molar-refractivity contribution in [1.29, 1.82) is 0 Å². The Morgan fingerprint density at radius 2 is 2.22 bits per heavy atom. The van der Waals surface area contributed by atoms with E-state index in [-0.39, 0.29) is 12.0 Å². The fraction of sp³-hybridized carbons (Fsp3) is 0.500. The zero-order valence-electron chi connectivity index (χ0n) is 12.7. The van der Waals surface area contributed by atoms with Gasteiger partial charge in [-0.3, -0.25) is 9.78 Å². The molecule has 1 amide bonds. The molecule has 1 aliphatic heterocycles. The zero-order valence-corrected chi connectivity index (χ0v) is 12.7. The minimum absolute atomic E-state index is 0.0702. The highest BCUT2D eigenvalue weighted by Crippen LogP contribution is 2.40. The number of piperidine rings is 1. The van der Waals surface area contributed by atoms with Crippen LogP contribution in [-0.4, -0.2) is 45.1 Å². The average Bonchev–Trinajstić information content (AvgIpc) is 3.33. The molecule has 2 aromatic heterocycles. The van der Waals surface area contributed by atoms with Crippen molar-refractivity contribution in [1.82, 2.24) is 20.0 Å². The molecule has 3 heterocycles. The molecule has 1 atom stereocenters. The summed E-state index contributed by atoms with van der Waals surface area (Å²) in [6, 6.07) is 1.78. The van der Waals surface area contributed by atoms with E-state index in [1.807, 2.05) is 0 Å². The Morgan fingerprint density at radius 1 is 1.30 bits per heavy atom. The van der Waals surface area contributed by atoms with Crippen molar-refractivity contribution in [3.8, 4) is 5.88 Å². The molecule has 7 nitrogen and oxygen atoms in total. The largest absolute Gasteiger partial charge is 0.471 e. The van der Waals surface area contributed by atoms with Gasteiger partial charge in [0.15, 0.2) is 5.69 Å². The van der Waals surface area contributed by atoms with E-state index < -0.39 is 0 Å². The molecule has 0 radical (unpaired) electrons. The van der Waals surface area contributed by atoms with Gasteiger partial charge >= 0.3 is 0 Å². The maximum Gasteiger partial charge on any atom is 0.276 e. The van der Waals surface area contributed by atoms with E-state index in [2.05, 4.69) is 15.1 Å². The number of carbonyl (C=O) groups excluding carboxylic acids is 1. The van der Waals surface area contributed by atoms with Gasteiger partial charge < -0.3 is 14.2 Å². The summed E-state index contributed by atoms with van der Waals surface area (Å²) in [4.78, 5) is 22.5. The Labute approximate surface area is 133 Å². The molecule has 23 heavy (non-hydrogen) atoms. The van der Waals surface area contributed by atoms with Gasteiger partial charge in [0.05, 0.1) is 12.7 Å². The van der Waals surface area contributed by atoms with Crippen LogP contribution in [0.1, 0.15) is 47.8 Å². The van der Waals surface area contributed by atoms with Crippen LogP contribution in [-0.2, 0) is 0 Å². The minimum Gasteiger partial charge on any atom is -0.471 e. The lowest BCUT2D eigenvalue weighted by molar-refractivity contribution is 0.0518. The van der Waals surface area contributed by atoms with Crippen LogP contribution in [0, 0.1) is 0 Å². The summed E-state index contributed by atoms with van der Waals surface area (Å²) in [5.41, 5.74) is 0.395. The minimum atomic E-state index is -0.0897. The molecular formula is C16H18N4O3. The van der Waals surface area contributed by atoms with Crippen molar-refractivity contribution in [2.75, 3.05) is 13.1 Å². The summed E-state index contributed by atoms with van der Waals surface area (Å²) >= 11 is 0. The van der Waals surface area contributed by atoms with Crippen molar-refractivity contribution in [3.05, 3.63) is 36.1 Å². The number of nitrogens with zero attached hydrogens (tertiary/aromatic N) is 4. The highest BCUT2D eigenvalue weighted by molar-refractivity contribution is 5.92. The lowest BCUT2D eigenvalue weighted by Gasteiger charge is -2.32. The number of amides is 1. The van der Waals surface area contributed by atoms with Crippen LogP contribution in [0.5, 0.6) is 5.88 Å². The summed E-state index contributed by atoms with van der Waals surface area (Å²) in [5.74, 6) is 1.69. The predicted molar refractivity (Wildman–Crippen MR) is 80.1 cm³/mol. The Hall–Kier alpha value is -2.44. The monoisotopic (exact) mass is 314 g/mol. The molecule has 0 N–H and O–H groups in total. The van der Waals surface area contributed by atoms with E-state index in [0.717, 1.165) is 31.4 Å². The van der Waals surface area contributed by atoms with Gasteiger partial charge in [0, 0.05) is 30.9 Å². The summed E-state index contributed by atoms with van der Waals surface area (Å²) in [5, 5.41) is 3.93. The van der Waals surface area contributed by atoms with Crippen LogP contribution in [0.25, 0.3) is 0 Å². The molecule has 7 heteroatoms. The van der Waals surface area contributed by atoms with Crippen molar-refractivity contribution in [2.24, 2.45) is 0 Å². The molecule has 1 saturated heterocycles. The topological polar surface area (TPSA) is 81.4 Å². The number of aromatic nitrogens is 3. The standard InChI is InChI=1S/C16H18N4O3/c21-16(13-8-14(23-19-13)11-3-4-11)20-7-1-2-12(10-20)22-15-9-17-5-6-18-15/h5-6,8-9,11-12H,1-4,7,10H2/t12-/m0/s1. The molecule has 1 saturated carbocycles. The second-order valence-electron chi connectivity index (χ2n) is 6.07. The van der Waals surface area contributed by atoms with Crippen LogP contribution < -0.4 is 4.74 Å². The number of carbonyl (C=O) groups is 1. The van der Waals surface area contributed by atoms with Crippen LogP contribution in [0.15, 0.2) is 29.2 Å². The second-order valence-corrected chi connectivity index (χ2v) is 6.07. The first-order chi connectivity index (χ1) is 11.3. The maximum absolute atomic E-state index is 12.6. The first-order valence-corrected chi connectivity index (χ1v) is 7.98. The van der Waals surface area contributed by atoms with Crippen LogP contribution in [0.2, 0.25) is 0 Å². The zero-order chi connectivity index (χ0) is 15.6. The van der Waals surface area contributed by atoms with E-state index in [4.69, 9.17) is 9.26 Å². The molecule has 2 fully saturated rings. The first kappa shape index (κ1) is 14.2. The predicted octanol–water partition coefficient (Wildman–Crippen LogP) is 2.03. The maximum atomic E-state index is 12.6. The Morgan fingerprint density at radius 3 is 3.00 bits per heavy atom. The molecule has 0 aromatic carbocycles. The van der Waals surface area contributed by atoms with Crippen LogP contribution >= 0.6 is 0 Å². The molecular weight excluding hydrogens is 296 g/mol. The molecule has 0 unspecified atom stereocenters. The number of rotatable bonds is 4. The van der Waals surface area contributed by atoms with Crippen molar-refractivity contribution in [3.63, 3.8) is 0 Å². The average molecular weight is 314 g/mol. The lowest BCUT2D eigenvalue weighted by atomic mass is 10.1. The normalized spacial score (nSPS) is 21.2. The molecule has 4 rings (SSSR count). The van der Waals surface area contributed by atoms with Crippen LogP contribution in [0.4, 0.5) is 0 Å². The first-order valence-electron chi connectivity index (χ1n) is 7.98. The van der Waals surface area contributed by atoms with Gasteiger partial charge in [-0.1, -0.05) is 5.16 Å². The third kappa shape index (κ3) is 3.18. The Kier molecular flexibility index (Phi) is 3.69. The summed E-state index contributed by atoms with van der Waals surface area (Å²) in [6.45, 7) is 1.24. The molecule has 0 spiro atoms. The fourth-order valence-electron chi connectivity index (χ4n) is 2.85. The number of hydrogen-bond acceptors (Lipinski definition) is 6. The summed E-state index contributed by atoms with van der Waals surface area (Å²) in [7, 11) is 0. The summed E-state index contributed by atoms with van der Waals surface area (Å²) < 4.78 is 11.1. The van der Waals surface area contributed by atoms with Crippen molar-refractivity contribution in [2.45, 2.75) is 37.7 Å². The van der Waals surface area contributed by atoms with E-state index in [9.17, 15) is 4.79 Å². The van der Waals surface area contributed by atoms with Gasteiger partial charge in [0.2, 0.25) is 5.88 Å². The van der Waals surface area contributed by atoms with Gasteiger partial charge in [-0.05, 0) is 25.7 Å². The van der Waals surface area contributed by atoms with Crippen molar-refractivity contribution < 1.29 is 14.1 Å². The number of hydrogen-bond donors (Lipinski definition) is 0. The molecule has 1 aliphatic carbocycles. The van der Waals surface area contributed by atoms with Gasteiger partial charge in [-0.15, -0.1) is 0 Å². The fourth-order valence-corrected chi connectivity index (χ4v) is 2.85. The summed E-state index contributed by atoms with van der Waals surface area (Å²) in [6.07, 6.45) is 8.75. The van der Waals surface area contributed by atoms with Gasteiger partial charge in [0.1, 0.15) is 11.9 Å². The molecule has 2 aromatic rings. The quantitative estimate of drug-likeness (QED) is 0.859. The smallest absolute Gasteiger partial charge is 0.276 e. The second kappa shape index (κ2) is 5.98. The third-order valence-corrected chi connectivity index (χ3v) is 4.22. The Bertz CT molecular complexity index is 684. The Balaban J connectivity index is 1.40. The van der Waals surface area contributed by atoms with E-state index in [0.29, 0.717) is 30.6 Å². The highest BCUT2D eigenvalue weighted by atomic mass is 16.5. The van der Waals surface area contributed by atoms with Gasteiger partial charge in [-0.25, -0.2) is 4.98 Å². The SMILES string of the molecule is O=C(c1cc(C2CC2)on1)N1CCC[C@H](Oc2cnccn2)C1. The van der Waals surface area contributed by atoms with E-state index in [1.165, 1.54) is 0 Å². The molecule has 120 valence electrons. The number of ether oxygens (including phenoxy) is 1. The van der Waals surface area contributed by atoms with Gasteiger partial charge in [0.25, 0.3) is 5.91 Å². The van der Waals surface area contributed by atoms with E-state index in [1.54, 1.807) is 29.6 Å². The van der Waals surface area contributed by atoms with Crippen molar-refractivity contribution >= 4 is 5.91 Å². The van der Waals surface area contributed by atoms with Gasteiger partial charge in [-0.2, -0.15) is 0 Å². The van der Waals surface area contributed by atoms with Crippen LogP contribution in [0.3, 0.4) is 0 Å². The molecule has 0 bridgehead atoms. The lowest BCUT2D eigenvalue weighted by Crippen LogP contribution is -2.44. The number of likely N-dealkylation sites (tertiary alicyclic amines) is 1. The molecule has 2 aliphatic rings. The highest BCUT2D eigenvalue weighted by Gasteiger charge is 2.31. The third-order valence-electron chi connectivity index (χ3n) is 4.22. The van der Waals surface area contributed by atoms with E-state index >= 15 is 0 Å².